The predicted molar refractivity (Wildman–Crippen MR) is 144 cm³/mol. The van der Waals surface area contributed by atoms with E-state index in [0.717, 1.165) is 62.2 Å². The Labute approximate surface area is 218 Å². The maximum Gasteiger partial charge on any atom is 0.231 e. The van der Waals surface area contributed by atoms with Gasteiger partial charge in [0, 0.05) is 11.3 Å². The van der Waals surface area contributed by atoms with Crippen LogP contribution in [-0.4, -0.2) is 28.3 Å². The van der Waals surface area contributed by atoms with Crippen molar-refractivity contribution in [2.45, 2.75) is 70.3 Å². The van der Waals surface area contributed by atoms with Crippen molar-refractivity contribution in [1.82, 2.24) is 5.43 Å². The third-order valence-corrected chi connectivity index (χ3v) is 9.43. The van der Waals surface area contributed by atoms with Gasteiger partial charge in [-0.05, 0) is 111 Å². The van der Waals surface area contributed by atoms with Crippen LogP contribution in [-0.2, 0) is 0 Å². The average Bonchev–Trinajstić information content (AvgIpc) is 3.43. The first-order valence-corrected chi connectivity index (χ1v) is 13.4. The van der Waals surface area contributed by atoms with Crippen molar-refractivity contribution in [3.8, 4) is 23.3 Å². The zero-order valence-electron chi connectivity index (χ0n) is 20.9. The molecule has 0 spiro atoms. The molecule has 4 aliphatic carbocycles. The van der Waals surface area contributed by atoms with Crippen LogP contribution in [0.25, 0.3) is 0 Å². The molecule has 6 rings (SSSR count). The van der Waals surface area contributed by atoms with Gasteiger partial charge in [0.05, 0.1) is 5.71 Å². The van der Waals surface area contributed by atoms with Crippen molar-refractivity contribution < 1.29 is 14.6 Å². The third-order valence-electron chi connectivity index (χ3n) is 9.34. The Kier molecular flexibility index (Phi) is 5.66. The number of aliphatic hydroxyl groups is 1. The van der Waals surface area contributed by atoms with Gasteiger partial charge in [0.1, 0.15) is 5.60 Å². The largest absolute Gasteiger partial charge is 0.454 e. The summed E-state index contributed by atoms with van der Waals surface area (Å²) >= 11 is 4.93. The van der Waals surface area contributed by atoms with Crippen LogP contribution >= 0.6 is 12.2 Å². The van der Waals surface area contributed by atoms with E-state index in [0.29, 0.717) is 11.8 Å². The fourth-order valence-electron chi connectivity index (χ4n) is 7.73. The van der Waals surface area contributed by atoms with E-state index in [1.54, 1.807) is 5.57 Å². The molecule has 0 aromatic heterocycles. The molecule has 0 bridgehead atoms. The Morgan fingerprint density at radius 3 is 2.86 bits per heavy atom. The van der Waals surface area contributed by atoms with Crippen LogP contribution in [0.2, 0.25) is 0 Å². The Balaban J connectivity index is 1.48. The molecular weight excluding hydrogens is 470 g/mol. The van der Waals surface area contributed by atoms with E-state index in [9.17, 15) is 5.11 Å². The van der Waals surface area contributed by atoms with E-state index in [-0.39, 0.29) is 23.2 Å². The first kappa shape index (κ1) is 23.6. The van der Waals surface area contributed by atoms with Crippen molar-refractivity contribution in [3.63, 3.8) is 0 Å². The molecule has 1 aromatic carbocycles. The van der Waals surface area contributed by atoms with Gasteiger partial charge in [0.25, 0.3) is 0 Å². The summed E-state index contributed by atoms with van der Waals surface area (Å²) in [6, 6.07) is 6.37. The molecule has 5 aliphatic rings. The summed E-state index contributed by atoms with van der Waals surface area (Å²) in [5, 5.41) is 16.4. The lowest BCUT2D eigenvalue weighted by Crippen LogP contribution is -2.51. The number of ether oxygens (including phenoxy) is 2. The molecule has 1 aliphatic heterocycles. The number of nitrogens with zero attached hydrogens (tertiary/aromatic N) is 1. The standard InChI is InChI=1S/C29H33N3O3S/c1-3-11-29(33)12-10-23-21-7-4-17-13-19(31-32-27(30)36)6-8-20(17)26(21)22(15-28(23,29)2)18-5-9-24-25(14-18)35-16-34-24/h5,9,13-14,21-23,33H,4,6-8,10,12,15-16H2,1-2H3,(H3,30,32,36)/b31-19-/t21-,22?,23-,28-,29-/m0/s1. The smallest absolute Gasteiger partial charge is 0.231 e. The Bertz CT molecular complexity index is 1290. The van der Waals surface area contributed by atoms with Crippen LogP contribution in [0.15, 0.2) is 46.1 Å². The van der Waals surface area contributed by atoms with Crippen molar-refractivity contribution in [2.75, 3.05) is 6.79 Å². The summed E-state index contributed by atoms with van der Waals surface area (Å²) in [6.45, 7) is 4.39. The maximum absolute atomic E-state index is 11.8. The molecule has 4 N–H and O–H groups in total. The van der Waals surface area contributed by atoms with E-state index in [2.05, 4.69) is 47.5 Å². The fourth-order valence-corrected chi connectivity index (χ4v) is 7.78. The summed E-state index contributed by atoms with van der Waals surface area (Å²) in [7, 11) is 0. The highest BCUT2D eigenvalue weighted by atomic mass is 32.1. The molecule has 0 saturated heterocycles. The number of benzene rings is 1. The van der Waals surface area contributed by atoms with Gasteiger partial charge in [0.2, 0.25) is 6.79 Å². The third kappa shape index (κ3) is 3.57. The second-order valence-corrected chi connectivity index (χ2v) is 11.4. The molecule has 7 heteroatoms. The summed E-state index contributed by atoms with van der Waals surface area (Å²) < 4.78 is 11.4. The number of thiocarbonyl (C=S) groups is 1. The lowest BCUT2D eigenvalue weighted by Gasteiger charge is -2.53. The second-order valence-electron chi connectivity index (χ2n) is 11.0. The van der Waals surface area contributed by atoms with Gasteiger partial charge in [-0.2, -0.15) is 5.10 Å². The number of hydrazone groups is 1. The maximum atomic E-state index is 11.8. The Morgan fingerprint density at radius 2 is 2.06 bits per heavy atom. The van der Waals surface area contributed by atoms with Crippen LogP contribution in [0.1, 0.15) is 70.3 Å². The van der Waals surface area contributed by atoms with Gasteiger partial charge in [-0.25, -0.2) is 0 Å². The molecule has 6 nitrogen and oxygen atoms in total. The van der Waals surface area contributed by atoms with Gasteiger partial charge in [0.15, 0.2) is 16.6 Å². The quantitative estimate of drug-likeness (QED) is 0.308. The first-order valence-electron chi connectivity index (χ1n) is 12.9. The molecule has 0 amide bonds. The molecule has 0 radical (unpaired) electrons. The highest BCUT2D eigenvalue weighted by Gasteiger charge is 2.62. The summed E-state index contributed by atoms with van der Waals surface area (Å²) in [5.74, 6) is 8.95. The number of nitrogens with one attached hydrogen (secondary N) is 1. The minimum atomic E-state index is -0.952. The minimum absolute atomic E-state index is 0.187. The van der Waals surface area contributed by atoms with Crippen LogP contribution < -0.4 is 20.6 Å². The first-order chi connectivity index (χ1) is 17.3. The number of hydrogen-bond donors (Lipinski definition) is 3. The van der Waals surface area contributed by atoms with Gasteiger partial charge < -0.3 is 20.3 Å². The molecule has 1 heterocycles. The summed E-state index contributed by atoms with van der Waals surface area (Å²) in [6.07, 6.45) is 8.77. The van der Waals surface area contributed by atoms with Gasteiger partial charge in [-0.15, -0.1) is 5.92 Å². The summed E-state index contributed by atoms with van der Waals surface area (Å²) in [5.41, 5.74) is 13.8. The van der Waals surface area contributed by atoms with Crippen LogP contribution in [0.4, 0.5) is 0 Å². The van der Waals surface area contributed by atoms with Crippen molar-refractivity contribution in [2.24, 2.45) is 28.1 Å². The normalized spacial score (nSPS) is 35.2. The van der Waals surface area contributed by atoms with E-state index in [1.807, 2.05) is 13.0 Å². The van der Waals surface area contributed by atoms with Crippen LogP contribution in [0, 0.1) is 29.1 Å². The van der Waals surface area contributed by atoms with E-state index in [4.69, 9.17) is 27.4 Å². The zero-order chi connectivity index (χ0) is 25.1. The summed E-state index contributed by atoms with van der Waals surface area (Å²) in [4.78, 5) is 0. The number of allylic oxidation sites excluding steroid dienone is 4. The van der Waals surface area contributed by atoms with E-state index in [1.165, 1.54) is 16.7 Å². The highest BCUT2D eigenvalue weighted by molar-refractivity contribution is 7.80. The zero-order valence-corrected chi connectivity index (χ0v) is 21.7. The van der Waals surface area contributed by atoms with Crippen LogP contribution in [0.5, 0.6) is 11.5 Å². The molecule has 2 fully saturated rings. The average molecular weight is 504 g/mol. The van der Waals surface area contributed by atoms with Gasteiger partial charge in [-0.3, -0.25) is 5.43 Å². The number of nitrogens with two attached hydrogens (primary N) is 1. The molecule has 5 atom stereocenters. The van der Waals surface area contributed by atoms with E-state index < -0.39 is 5.60 Å². The van der Waals surface area contributed by atoms with Gasteiger partial charge >= 0.3 is 0 Å². The predicted octanol–water partition coefficient (Wildman–Crippen LogP) is 4.69. The molecule has 36 heavy (non-hydrogen) atoms. The van der Waals surface area contributed by atoms with Gasteiger partial charge in [-0.1, -0.05) is 24.5 Å². The lowest BCUT2D eigenvalue weighted by atomic mass is 9.51. The SMILES string of the molecule is CC#C[C@]1(O)CC[C@H]2[C@@H]3CCC4=C/C(=N\NC(N)=S)CCC4=C3C(c3ccc4c(c3)OCO4)C[C@@]21C. The molecular formula is C29H33N3O3S. The van der Waals surface area contributed by atoms with Crippen molar-refractivity contribution in [1.29, 1.82) is 0 Å². The Morgan fingerprint density at radius 1 is 1.22 bits per heavy atom. The number of rotatable bonds is 2. The number of fused-ring (bicyclic) bond motifs is 5. The molecule has 2 saturated carbocycles. The van der Waals surface area contributed by atoms with Crippen LogP contribution in [0.3, 0.4) is 0 Å². The van der Waals surface area contributed by atoms with Crippen molar-refractivity contribution in [3.05, 3.63) is 46.6 Å². The topological polar surface area (TPSA) is 89.1 Å². The number of hydrogen-bond acceptors (Lipinski definition) is 5. The highest BCUT2D eigenvalue weighted by Crippen LogP contribution is 2.66. The molecule has 1 unspecified atom stereocenters. The lowest BCUT2D eigenvalue weighted by molar-refractivity contribution is -0.0513. The minimum Gasteiger partial charge on any atom is -0.454 e. The van der Waals surface area contributed by atoms with Crippen molar-refractivity contribution >= 4 is 23.0 Å². The second kappa shape index (κ2) is 8.64. The molecule has 1 aromatic rings. The molecule has 188 valence electrons. The fraction of sp³-hybridized carbons (Fsp3) is 0.517. The van der Waals surface area contributed by atoms with E-state index >= 15 is 0 Å². The monoisotopic (exact) mass is 503 g/mol. The Hall–Kier alpha value is -2.82.